The van der Waals surface area contributed by atoms with Crippen molar-refractivity contribution in [2.24, 2.45) is 0 Å². The molecule has 0 N–H and O–H groups in total. The minimum absolute atomic E-state index is 0.764. The average molecular weight is 280 g/mol. The molecule has 1 heterocycles. The molecule has 0 saturated heterocycles. The van der Waals surface area contributed by atoms with E-state index in [0.717, 1.165) is 39.4 Å². The Morgan fingerprint density at radius 1 is 1.06 bits per heavy atom. The van der Waals surface area contributed by atoms with Crippen LogP contribution >= 0.6 is 23.2 Å². The Morgan fingerprint density at radius 3 is 2.67 bits per heavy atom. The van der Waals surface area contributed by atoms with Crippen molar-refractivity contribution in [3.8, 4) is 0 Å². The summed E-state index contributed by atoms with van der Waals surface area (Å²) in [6.07, 6.45) is 5.78. The number of halogens is 2. The van der Waals surface area contributed by atoms with Crippen LogP contribution in [0.3, 0.4) is 0 Å². The summed E-state index contributed by atoms with van der Waals surface area (Å²) in [5.74, 6) is 0. The number of hydrogen-bond acceptors (Lipinski definition) is 1. The molecule has 0 radical (unpaired) electrons. The highest BCUT2D eigenvalue weighted by Gasteiger charge is 2.17. The van der Waals surface area contributed by atoms with Gasteiger partial charge < -0.3 is 0 Å². The van der Waals surface area contributed by atoms with Crippen LogP contribution in [-0.2, 0) is 12.8 Å². The summed E-state index contributed by atoms with van der Waals surface area (Å²) in [4.78, 5) is 4.83. The van der Waals surface area contributed by atoms with Gasteiger partial charge in [-0.25, -0.2) is 0 Å². The summed E-state index contributed by atoms with van der Waals surface area (Å²) in [5.41, 5.74) is 4.43. The lowest BCUT2D eigenvalue weighted by Crippen LogP contribution is -1.99. The van der Waals surface area contributed by atoms with E-state index in [-0.39, 0.29) is 0 Å². The Bertz CT molecular complexity index is 620. The van der Waals surface area contributed by atoms with Crippen LogP contribution < -0.4 is 0 Å². The van der Waals surface area contributed by atoms with Gasteiger partial charge in [0.1, 0.15) is 0 Å². The largest absolute Gasteiger partial charge is 0.252 e. The van der Waals surface area contributed by atoms with Crippen LogP contribution in [0.1, 0.15) is 36.1 Å². The monoisotopic (exact) mass is 279 g/mol. The number of hydrogen-bond donors (Lipinski definition) is 0. The van der Waals surface area contributed by atoms with E-state index in [1.807, 2.05) is 19.1 Å². The van der Waals surface area contributed by atoms with Crippen molar-refractivity contribution >= 4 is 34.1 Å². The molecule has 0 fully saturated rings. The lowest BCUT2D eigenvalue weighted by Gasteiger charge is -2.12. The molecule has 0 atom stereocenters. The van der Waals surface area contributed by atoms with Gasteiger partial charge in [0.25, 0.3) is 0 Å². The van der Waals surface area contributed by atoms with E-state index < -0.39 is 0 Å². The number of pyridine rings is 1. The number of rotatable bonds is 0. The number of aryl methyl sites for hydroxylation is 2. The van der Waals surface area contributed by atoms with Crippen molar-refractivity contribution < 1.29 is 0 Å². The van der Waals surface area contributed by atoms with Crippen LogP contribution in [0.25, 0.3) is 10.9 Å². The van der Waals surface area contributed by atoms with Gasteiger partial charge in [0, 0.05) is 16.1 Å². The minimum atomic E-state index is 0.764. The summed E-state index contributed by atoms with van der Waals surface area (Å²) < 4.78 is 0. The maximum absolute atomic E-state index is 6.57. The molecule has 2 aromatic rings. The van der Waals surface area contributed by atoms with Gasteiger partial charge in [-0.3, -0.25) is 4.98 Å². The molecule has 0 unspecified atom stereocenters. The van der Waals surface area contributed by atoms with Crippen LogP contribution in [0, 0.1) is 6.92 Å². The fraction of sp³-hybridized carbons (Fsp3) is 0.400. The van der Waals surface area contributed by atoms with E-state index >= 15 is 0 Å². The number of fused-ring (bicyclic) bond motifs is 2. The fourth-order valence-corrected chi connectivity index (χ4v) is 3.23. The third kappa shape index (κ3) is 1.90. The second kappa shape index (κ2) is 4.71. The Kier molecular flexibility index (Phi) is 3.21. The third-order valence-corrected chi connectivity index (χ3v) is 4.64. The zero-order valence-electron chi connectivity index (χ0n) is 10.4. The lowest BCUT2D eigenvalue weighted by atomic mass is 10.0. The molecule has 1 aliphatic rings. The van der Waals surface area contributed by atoms with Crippen molar-refractivity contribution in [3.05, 3.63) is 39.0 Å². The Balaban J connectivity index is 2.34. The highest BCUT2D eigenvalue weighted by atomic mass is 35.5. The minimum Gasteiger partial charge on any atom is -0.252 e. The highest BCUT2D eigenvalue weighted by Crippen LogP contribution is 2.35. The molecule has 0 aliphatic heterocycles. The number of aromatic nitrogens is 1. The molecular weight excluding hydrogens is 265 g/mol. The van der Waals surface area contributed by atoms with E-state index in [9.17, 15) is 0 Å². The van der Waals surface area contributed by atoms with Crippen molar-refractivity contribution in [2.45, 2.75) is 39.0 Å². The summed E-state index contributed by atoms with van der Waals surface area (Å²) >= 11 is 12.7. The van der Waals surface area contributed by atoms with Crippen LogP contribution in [-0.4, -0.2) is 4.98 Å². The SMILES string of the molecule is Cc1c(Cl)ccc2c(Cl)c3c(nc12)CCCCC3. The van der Waals surface area contributed by atoms with Crippen molar-refractivity contribution in [2.75, 3.05) is 0 Å². The van der Waals surface area contributed by atoms with Gasteiger partial charge in [0.2, 0.25) is 0 Å². The predicted molar refractivity (Wildman–Crippen MR) is 77.8 cm³/mol. The molecule has 1 aromatic heterocycles. The molecule has 94 valence electrons. The zero-order valence-corrected chi connectivity index (χ0v) is 11.9. The number of nitrogens with zero attached hydrogens (tertiary/aromatic N) is 1. The Morgan fingerprint density at radius 2 is 1.83 bits per heavy atom. The van der Waals surface area contributed by atoms with Gasteiger partial charge in [-0.1, -0.05) is 29.6 Å². The summed E-state index contributed by atoms with van der Waals surface area (Å²) in [6, 6.07) is 3.90. The molecule has 0 bridgehead atoms. The summed E-state index contributed by atoms with van der Waals surface area (Å²) in [5, 5.41) is 2.69. The van der Waals surface area contributed by atoms with Gasteiger partial charge in [-0.15, -0.1) is 0 Å². The van der Waals surface area contributed by atoms with E-state index in [4.69, 9.17) is 28.2 Å². The Hall–Kier alpha value is -0.790. The van der Waals surface area contributed by atoms with Gasteiger partial charge in [0.15, 0.2) is 0 Å². The van der Waals surface area contributed by atoms with Crippen molar-refractivity contribution in [3.63, 3.8) is 0 Å². The first-order valence-corrected chi connectivity index (χ1v) is 7.20. The second-order valence-corrected chi connectivity index (χ2v) is 5.77. The van der Waals surface area contributed by atoms with Gasteiger partial charge in [-0.2, -0.15) is 0 Å². The first-order chi connectivity index (χ1) is 8.68. The van der Waals surface area contributed by atoms with Crippen LogP contribution in [0.5, 0.6) is 0 Å². The molecule has 1 aliphatic carbocycles. The normalized spacial score (nSPS) is 15.5. The van der Waals surface area contributed by atoms with E-state index in [2.05, 4.69) is 0 Å². The lowest BCUT2D eigenvalue weighted by molar-refractivity contribution is 0.709. The smallest absolute Gasteiger partial charge is 0.0764 e. The molecular formula is C15H15Cl2N. The van der Waals surface area contributed by atoms with Crippen LogP contribution in [0.15, 0.2) is 12.1 Å². The maximum Gasteiger partial charge on any atom is 0.0764 e. The molecule has 0 saturated carbocycles. The van der Waals surface area contributed by atoms with Crippen molar-refractivity contribution in [1.82, 2.24) is 4.98 Å². The molecule has 1 aromatic carbocycles. The van der Waals surface area contributed by atoms with Gasteiger partial charge in [0.05, 0.1) is 10.5 Å². The van der Waals surface area contributed by atoms with E-state index in [0.29, 0.717) is 0 Å². The first-order valence-electron chi connectivity index (χ1n) is 6.44. The molecule has 18 heavy (non-hydrogen) atoms. The zero-order chi connectivity index (χ0) is 12.7. The Labute approximate surface area is 117 Å². The molecule has 1 nitrogen and oxygen atoms in total. The van der Waals surface area contributed by atoms with Crippen molar-refractivity contribution in [1.29, 1.82) is 0 Å². The third-order valence-electron chi connectivity index (χ3n) is 3.80. The quantitative estimate of drug-likeness (QED) is 0.610. The molecule has 0 spiro atoms. The second-order valence-electron chi connectivity index (χ2n) is 4.98. The molecule has 3 heteroatoms. The highest BCUT2D eigenvalue weighted by molar-refractivity contribution is 6.37. The van der Waals surface area contributed by atoms with Gasteiger partial charge in [-0.05, 0) is 55.9 Å². The topological polar surface area (TPSA) is 12.9 Å². The van der Waals surface area contributed by atoms with E-state index in [1.165, 1.54) is 30.5 Å². The molecule has 3 rings (SSSR count). The first kappa shape index (κ1) is 12.3. The summed E-state index contributed by atoms with van der Waals surface area (Å²) in [6.45, 7) is 2.01. The molecule has 0 amide bonds. The average Bonchev–Trinajstić information content (AvgIpc) is 2.60. The predicted octanol–water partition coefficient (Wildman–Crippen LogP) is 5.12. The summed E-state index contributed by atoms with van der Waals surface area (Å²) in [7, 11) is 0. The van der Waals surface area contributed by atoms with E-state index in [1.54, 1.807) is 0 Å². The number of benzene rings is 1. The maximum atomic E-state index is 6.57. The standard InChI is InChI=1S/C15H15Cl2N/c1-9-12(16)8-7-11-14(17)10-5-3-2-4-6-13(10)18-15(9)11/h7-8H,2-6H2,1H3. The van der Waals surface area contributed by atoms with Crippen LogP contribution in [0.2, 0.25) is 10.0 Å². The van der Waals surface area contributed by atoms with Crippen LogP contribution in [0.4, 0.5) is 0 Å². The van der Waals surface area contributed by atoms with Gasteiger partial charge >= 0.3 is 0 Å². The fourth-order valence-electron chi connectivity index (χ4n) is 2.72.